The van der Waals surface area contributed by atoms with E-state index in [4.69, 9.17) is 4.74 Å². The van der Waals surface area contributed by atoms with Crippen molar-refractivity contribution in [2.24, 2.45) is 11.3 Å². The number of aliphatic hydroxyl groups excluding tert-OH is 1. The number of carbonyl (C=O) groups excluding carboxylic acids is 2. The molecule has 3 heterocycles. The normalized spacial score (nSPS) is 27.3. The number of ketones is 1. The number of Topliss-reactive ketones (excluding diaryl/α,β-unsaturated/α-hetero) is 1. The maximum atomic E-state index is 12.9. The number of nitrogens with zero attached hydrogens (tertiary/aromatic N) is 3. The van der Waals surface area contributed by atoms with Crippen LogP contribution in [0.25, 0.3) is 0 Å². The number of aliphatic hydroxyl groups is 1. The molecule has 0 amide bonds. The molecule has 0 unspecified atom stereocenters. The van der Waals surface area contributed by atoms with Gasteiger partial charge in [-0.05, 0) is 83.0 Å². The minimum atomic E-state index is -1.19. The van der Waals surface area contributed by atoms with Crippen molar-refractivity contribution in [3.63, 3.8) is 0 Å². The van der Waals surface area contributed by atoms with E-state index in [1.54, 1.807) is 13.8 Å². The number of fused-ring (bicyclic) bond motifs is 1. The molecule has 0 radical (unpaired) electrons. The topological polar surface area (TPSA) is 83.0 Å². The third-order valence-corrected chi connectivity index (χ3v) is 7.63. The molecular weight excluding hydrogens is 442 g/mol. The van der Waals surface area contributed by atoms with Gasteiger partial charge in [0.1, 0.15) is 17.8 Å². The summed E-state index contributed by atoms with van der Waals surface area (Å²) in [5.74, 6) is -0.317. The molecule has 1 saturated heterocycles. The van der Waals surface area contributed by atoms with Crippen LogP contribution in [-0.2, 0) is 27.3 Å². The van der Waals surface area contributed by atoms with Crippen LogP contribution in [0.5, 0.6) is 0 Å². The van der Waals surface area contributed by atoms with Crippen LogP contribution in [0.1, 0.15) is 77.5 Å². The summed E-state index contributed by atoms with van der Waals surface area (Å²) in [7, 11) is 0. The van der Waals surface area contributed by atoms with E-state index in [-0.39, 0.29) is 18.2 Å². The predicted molar refractivity (Wildman–Crippen MR) is 137 cm³/mol. The Morgan fingerprint density at radius 3 is 2.80 bits per heavy atom. The highest BCUT2D eigenvalue weighted by atomic mass is 16.5. The van der Waals surface area contributed by atoms with Crippen LogP contribution in [0.3, 0.4) is 0 Å². The number of cyclic esters (lactones) is 1. The quantitative estimate of drug-likeness (QED) is 0.485. The molecule has 2 aliphatic rings. The van der Waals surface area contributed by atoms with Gasteiger partial charge in [0.15, 0.2) is 0 Å². The van der Waals surface area contributed by atoms with Gasteiger partial charge in [-0.1, -0.05) is 19.9 Å². The Labute approximate surface area is 211 Å². The predicted octanol–water partition coefficient (Wildman–Crippen LogP) is 3.62. The summed E-state index contributed by atoms with van der Waals surface area (Å²) in [6.45, 7) is 12.6. The third-order valence-electron chi connectivity index (χ3n) is 7.63. The van der Waals surface area contributed by atoms with E-state index in [2.05, 4.69) is 34.7 Å². The Morgan fingerprint density at radius 2 is 2.03 bits per heavy atom. The van der Waals surface area contributed by atoms with Crippen molar-refractivity contribution in [2.75, 3.05) is 32.8 Å². The van der Waals surface area contributed by atoms with E-state index in [0.29, 0.717) is 25.4 Å². The molecule has 7 nitrogen and oxygen atoms in total. The van der Waals surface area contributed by atoms with E-state index in [9.17, 15) is 14.7 Å². The number of carbonyl (C=O) groups is 2. The van der Waals surface area contributed by atoms with Gasteiger partial charge < -0.3 is 9.84 Å². The van der Waals surface area contributed by atoms with E-state index in [0.717, 1.165) is 58.4 Å². The number of hydrogen-bond acceptors (Lipinski definition) is 7. The lowest BCUT2D eigenvalue weighted by Crippen LogP contribution is -2.44. The summed E-state index contributed by atoms with van der Waals surface area (Å²) in [5.41, 5.74) is 1.35. The van der Waals surface area contributed by atoms with Crippen molar-refractivity contribution in [3.8, 4) is 0 Å². The van der Waals surface area contributed by atoms with Gasteiger partial charge in [-0.2, -0.15) is 0 Å². The van der Waals surface area contributed by atoms with Crippen LogP contribution < -0.4 is 0 Å². The molecule has 35 heavy (non-hydrogen) atoms. The van der Waals surface area contributed by atoms with Crippen molar-refractivity contribution in [2.45, 2.75) is 91.3 Å². The Balaban J connectivity index is 1.67. The van der Waals surface area contributed by atoms with Gasteiger partial charge >= 0.3 is 5.97 Å². The molecule has 1 N–H and O–H groups in total. The van der Waals surface area contributed by atoms with E-state index in [1.165, 1.54) is 11.3 Å². The van der Waals surface area contributed by atoms with Gasteiger partial charge in [0.2, 0.25) is 0 Å². The molecule has 196 valence electrons. The Hall–Kier alpha value is -1.83. The van der Waals surface area contributed by atoms with E-state index in [1.807, 2.05) is 12.3 Å². The number of pyridine rings is 1. The molecule has 0 aliphatic carbocycles. The zero-order valence-corrected chi connectivity index (χ0v) is 22.2. The standard InChI is InChI=1S/C28H45N3O4/c1-5-14-31-18-21(2)17-24(32)10-11-26(33)28(3,4)27(34)35-20-23(31)9-7-15-30-16-12-22-8-6-13-29-25(22)19-30/h6,8,13,21,23-24,32H,5,7,9-12,14-20H2,1-4H3/t21-,23-,24+/m1/s1. The first kappa shape index (κ1) is 27.8. The Kier molecular flexibility index (Phi) is 10.3. The lowest BCUT2D eigenvalue weighted by Gasteiger charge is -2.35. The van der Waals surface area contributed by atoms with Crippen LogP contribution in [-0.4, -0.2) is 76.6 Å². The second kappa shape index (κ2) is 12.9. The number of aromatic nitrogens is 1. The summed E-state index contributed by atoms with van der Waals surface area (Å²) in [5, 5.41) is 10.5. The van der Waals surface area contributed by atoms with Crippen molar-refractivity contribution in [1.29, 1.82) is 0 Å². The van der Waals surface area contributed by atoms with E-state index >= 15 is 0 Å². The molecule has 0 spiro atoms. The average Bonchev–Trinajstić information content (AvgIpc) is 2.83. The van der Waals surface area contributed by atoms with Crippen LogP contribution in [0.2, 0.25) is 0 Å². The minimum Gasteiger partial charge on any atom is -0.463 e. The molecule has 1 aromatic heterocycles. The van der Waals surface area contributed by atoms with Gasteiger partial charge in [0, 0.05) is 38.3 Å². The molecular formula is C28H45N3O4. The fraction of sp³-hybridized carbons (Fsp3) is 0.750. The summed E-state index contributed by atoms with van der Waals surface area (Å²) >= 11 is 0. The lowest BCUT2D eigenvalue weighted by atomic mass is 9.85. The summed E-state index contributed by atoms with van der Waals surface area (Å²) < 4.78 is 5.79. The van der Waals surface area contributed by atoms with Gasteiger partial charge in [-0.25, -0.2) is 0 Å². The summed E-state index contributed by atoms with van der Waals surface area (Å²) in [4.78, 5) is 35.1. The molecule has 1 aromatic rings. The van der Waals surface area contributed by atoms with Gasteiger partial charge in [0.05, 0.1) is 11.8 Å². The first-order chi connectivity index (χ1) is 16.7. The lowest BCUT2D eigenvalue weighted by molar-refractivity contribution is -0.160. The highest BCUT2D eigenvalue weighted by molar-refractivity contribution is 6.02. The van der Waals surface area contributed by atoms with Crippen molar-refractivity contribution >= 4 is 11.8 Å². The zero-order chi connectivity index (χ0) is 25.4. The maximum Gasteiger partial charge on any atom is 0.319 e. The van der Waals surface area contributed by atoms with Crippen LogP contribution in [0, 0.1) is 11.3 Å². The molecule has 3 atom stereocenters. The number of ether oxygens (including phenoxy) is 1. The molecule has 0 bridgehead atoms. The summed E-state index contributed by atoms with van der Waals surface area (Å²) in [6.07, 6.45) is 6.57. The highest BCUT2D eigenvalue weighted by Gasteiger charge is 2.38. The monoisotopic (exact) mass is 487 g/mol. The van der Waals surface area contributed by atoms with Gasteiger partial charge in [0.25, 0.3) is 0 Å². The molecule has 0 aromatic carbocycles. The maximum absolute atomic E-state index is 12.9. The van der Waals surface area contributed by atoms with Crippen LogP contribution in [0.4, 0.5) is 0 Å². The minimum absolute atomic E-state index is 0.0975. The Morgan fingerprint density at radius 1 is 1.23 bits per heavy atom. The van der Waals surface area contributed by atoms with Crippen molar-refractivity contribution in [3.05, 3.63) is 29.6 Å². The van der Waals surface area contributed by atoms with Crippen molar-refractivity contribution < 1.29 is 19.4 Å². The zero-order valence-electron chi connectivity index (χ0n) is 22.2. The molecule has 2 aliphatic heterocycles. The molecule has 7 heteroatoms. The van der Waals surface area contributed by atoms with Gasteiger partial charge in [-0.3, -0.25) is 24.4 Å². The average molecular weight is 488 g/mol. The van der Waals surface area contributed by atoms with Crippen LogP contribution in [0.15, 0.2) is 18.3 Å². The van der Waals surface area contributed by atoms with Crippen molar-refractivity contribution in [1.82, 2.24) is 14.8 Å². The highest BCUT2D eigenvalue weighted by Crippen LogP contribution is 2.25. The summed E-state index contributed by atoms with van der Waals surface area (Å²) in [6, 6.07) is 4.28. The second-order valence-electron chi connectivity index (χ2n) is 11.1. The fourth-order valence-electron chi connectivity index (χ4n) is 5.37. The third kappa shape index (κ3) is 7.83. The smallest absolute Gasteiger partial charge is 0.319 e. The first-order valence-corrected chi connectivity index (χ1v) is 13.5. The SMILES string of the molecule is CCCN1C[C@H](C)C[C@@H](O)CCC(=O)C(C)(C)C(=O)OC[C@H]1CCCN1CCc2cccnc2C1. The van der Waals surface area contributed by atoms with E-state index < -0.39 is 17.5 Å². The molecule has 0 saturated carbocycles. The Bertz CT molecular complexity index is 843. The van der Waals surface area contributed by atoms with Gasteiger partial charge in [-0.15, -0.1) is 0 Å². The molecule has 1 fully saturated rings. The fourth-order valence-corrected chi connectivity index (χ4v) is 5.37. The largest absolute Gasteiger partial charge is 0.463 e. The first-order valence-electron chi connectivity index (χ1n) is 13.5. The number of rotatable bonds is 6. The number of esters is 1. The van der Waals surface area contributed by atoms with Crippen LogP contribution >= 0.6 is 0 Å². The number of hydrogen-bond donors (Lipinski definition) is 1. The molecule has 3 rings (SSSR count). The second-order valence-corrected chi connectivity index (χ2v) is 11.1.